The normalized spacial score (nSPS) is 11.0. The van der Waals surface area contributed by atoms with E-state index in [2.05, 4.69) is 10.2 Å². The third-order valence-electron chi connectivity index (χ3n) is 2.96. The topological polar surface area (TPSA) is 50.8 Å². The molecule has 0 aliphatic rings. The molecule has 0 atom stereocenters. The van der Waals surface area contributed by atoms with Crippen LogP contribution in [-0.4, -0.2) is 52.2 Å². The Morgan fingerprint density at radius 2 is 2.05 bits per heavy atom. The highest BCUT2D eigenvalue weighted by atomic mass is 35.5. The second-order valence-corrected chi connectivity index (χ2v) is 5.43. The van der Waals surface area contributed by atoms with Crippen LogP contribution in [0, 0.1) is 0 Å². The maximum atomic E-state index is 11.7. The molecule has 1 aromatic carbocycles. The van der Waals surface area contributed by atoms with Gasteiger partial charge in [0.25, 0.3) is 0 Å². The molecule has 0 radical (unpaired) electrons. The maximum absolute atomic E-state index is 11.7. The Bertz CT molecular complexity index is 530. The van der Waals surface area contributed by atoms with E-state index >= 15 is 0 Å². The van der Waals surface area contributed by atoms with Gasteiger partial charge in [0.1, 0.15) is 0 Å². The molecule has 1 N–H and O–H groups in total. The van der Waals surface area contributed by atoms with Gasteiger partial charge in [0, 0.05) is 12.6 Å². The van der Waals surface area contributed by atoms with Crippen molar-refractivity contribution < 1.29 is 14.3 Å². The van der Waals surface area contributed by atoms with Gasteiger partial charge in [-0.05, 0) is 50.8 Å². The van der Waals surface area contributed by atoms with Crippen molar-refractivity contribution in [1.82, 2.24) is 10.2 Å². The third kappa shape index (κ3) is 5.95. The summed E-state index contributed by atoms with van der Waals surface area (Å²) < 4.78 is 10.4. The van der Waals surface area contributed by atoms with E-state index in [1.165, 1.54) is 13.2 Å². The van der Waals surface area contributed by atoms with E-state index in [-0.39, 0.29) is 5.91 Å². The molecule has 5 nitrogen and oxygen atoms in total. The number of hydrogen-bond donors (Lipinski definition) is 1. The van der Waals surface area contributed by atoms with Gasteiger partial charge in [0.05, 0.1) is 19.2 Å². The van der Waals surface area contributed by atoms with Crippen LogP contribution in [0.25, 0.3) is 6.08 Å². The lowest BCUT2D eigenvalue weighted by atomic mass is 10.2. The van der Waals surface area contributed by atoms with Crippen molar-refractivity contribution in [3.8, 4) is 11.5 Å². The average Bonchev–Trinajstić information content (AvgIpc) is 2.48. The van der Waals surface area contributed by atoms with Crippen molar-refractivity contribution in [2.45, 2.75) is 6.42 Å². The largest absolute Gasteiger partial charge is 0.493 e. The number of benzene rings is 1. The SMILES string of the molecule is COc1cc(/C=C/C(=O)NCCCN(C)C)cc(Cl)c1OC. The Kier molecular flexibility index (Phi) is 7.77. The first kappa shape index (κ1) is 18.3. The number of amides is 1. The number of ether oxygens (including phenoxy) is 2. The Hall–Kier alpha value is -1.72. The highest BCUT2D eigenvalue weighted by Crippen LogP contribution is 2.36. The van der Waals surface area contributed by atoms with E-state index < -0.39 is 0 Å². The fraction of sp³-hybridized carbons (Fsp3) is 0.438. The predicted octanol–water partition coefficient (Wildman–Crippen LogP) is 2.44. The lowest BCUT2D eigenvalue weighted by Crippen LogP contribution is -2.25. The quantitative estimate of drug-likeness (QED) is 0.589. The molecule has 0 saturated heterocycles. The predicted molar refractivity (Wildman–Crippen MR) is 89.8 cm³/mol. The molecule has 0 spiro atoms. The second kappa shape index (κ2) is 9.33. The molecule has 1 aromatic rings. The zero-order chi connectivity index (χ0) is 16.5. The molecule has 0 bridgehead atoms. The first-order valence-corrected chi connectivity index (χ1v) is 7.38. The fourth-order valence-electron chi connectivity index (χ4n) is 1.87. The van der Waals surface area contributed by atoms with Gasteiger partial charge in [-0.2, -0.15) is 0 Å². The molecule has 1 amide bonds. The summed E-state index contributed by atoms with van der Waals surface area (Å²) >= 11 is 6.12. The summed E-state index contributed by atoms with van der Waals surface area (Å²) in [5.41, 5.74) is 0.770. The van der Waals surface area contributed by atoms with Crippen molar-refractivity contribution in [3.63, 3.8) is 0 Å². The van der Waals surface area contributed by atoms with Crippen LogP contribution in [0.1, 0.15) is 12.0 Å². The number of carbonyl (C=O) groups excluding carboxylic acids is 1. The van der Waals surface area contributed by atoms with Gasteiger partial charge in [0.2, 0.25) is 5.91 Å². The molecule has 0 heterocycles. The Balaban J connectivity index is 2.62. The molecule has 0 unspecified atom stereocenters. The monoisotopic (exact) mass is 326 g/mol. The van der Waals surface area contributed by atoms with Gasteiger partial charge < -0.3 is 19.7 Å². The molecule has 0 saturated carbocycles. The molecule has 6 heteroatoms. The van der Waals surface area contributed by atoms with Crippen molar-refractivity contribution in [2.75, 3.05) is 41.4 Å². The standard InChI is InChI=1S/C16H23ClN2O3/c1-19(2)9-5-8-18-15(20)7-6-12-10-13(17)16(22-4)14(11-12)21-3/h6-7,10-11H,5,8-9H2,1-4H3,(H,18,20)/b7-6+. The third-order valence-corrected chi connectivity index (χ3v) is 3.25. The second-order valence-electron chi connectivity index (χ2n) is 5.02. The lowest BCUT2D eigenvalue weighted by Gasteiger charge is -2.10. The number of nitrogens with one attached hydrogen (secondary N) is 1. The number of carbonyl (C=O) groups is 1. The van der Waals surface area contributed by atoms with Crippen molar-refractivity contribution in [3.05, 3.63) is 28.8 Å². The molecule has 0 fully saturated rings. The lowest BCUT2D eigenvalue weighted by molar-refractivity contribution is -0.116. The zero-order valence-corrected chi connectivity index (χ0v) is 14.2. The van der Waals surface area contributed by atoms with E-state index in [0.29, 0.717) is 23.1 Å². The van der Waals surface area contributed by atoms with E-state index in [1.807, 2.05) is 14.1 Å². The van der Waals surface area contributed by atoms with Gasteiger partial charge in [-0.3, -0.25) is 4.79 Å². The molecule has 1 rings (SSSR count). The zero-order valence-electron chi connectivity index (χ0n) is 13.5. The molecule has 0 aliphatic heterocycles. The van der Waals surface area contributed by atoms with Crippen LogP contribution in [0.2, 0.25) is 5.02 Å². The average molecular weight is 327 g/mol. The van der Waals surface area contributed by atoms with Crippen LogP contribution in [0.5, 0.6) is 11.5 Å². The fourth-order valence-corrected chi connectivity index (χ4v) is 2.17. The van der Waals surface area contributed by atoms with Crippen molar-refractivity contribution in [2.24, 2.45) is 0 Å². The minimum Gasteiger partial charge on any atom is -0.493 e. The van der Waals surface area contributed by atoms with Crippen molar-refractivity contribution in [1.29, 1.82) is 0 Å². The van der Waals surface area contributed by atoms with Gasteiger partial charge >= 0.3 is 0 Å². The number of nitrogens with zero attached hydrogens (tertiary/aromatic N) is 1. The van der Waals surface area contributed by atoms with Crippen LogP contribution >= 0.6 is 11.6 Å². The summed E-state index contributed by atoms with van der Waals surface area (Å²) in [6.07, 6.45) is 4.08. The highest BCUT2D eigenvalue weighted by Gasteiger charge is 2.09. The number of halogens is 1. The summed E-state index contributed by atoms with van der Waals surface area (Å²) in [5, 5.41) is 3.27. The maximum Gasteiger partial charge on any atom is 0.243 e. The Morgan fingerprint density at radius 1 is 1.32 bits per heavy atom. The summed E-state index contributed by atoms with van der Waals surface area (Å²) in [7, 11) is 7.07. The first-order chi connectivity index (χ1) is 10.5. The van der Waals surface area contributed by atoms with Crippen molar-refractivity contribution >= 4 is 23.6 Å². The van der Waals surface area contributed by atoms with Crippen LogP contribution < -0.4 is 14.8 Å². The summed E-state index contributed by atoms with van der Waals surface area (Å²) in [4.78, 5) is 13.8. The molecule has 0 aliphatic carbocycles. The van der Waals surface area contributed by atoms with Gasteiger partial charge in [-0.15, -0.1) is 0 Å². The van der Waals surface area contributed by atoms with Gasteiger partial charge in [-0.1, -0.05) is 11.6 Å². The van der Waals surface area contributed by atoms with Gasteiger partial charge in [-0.25, -0.2) is 0 Å². The van der Waals surface area contributed by atoms with E-state index in [4.69, 9.17) is 21.1 Å². The van der Waals surface area contributed by atoms with E-state index in [0.717, 1.165) is 18.5 Å². The smallest absolute Gasteiger partial charge is 0.243 e. The molecular formula is C16H23ClN2O3. The van der Waals surface area contributed by atoms with Crippen LogP contribution in [-0.2, 0) is 4.79 Å². The minimum absolute atomic E-state index is 0.135. The number of rotatable bonds is 8. The summed E-state index contributed by atoms with van der Waals surface area (Å²) in [6.45, 7) is 1.59. The number of methoxy groups -OCH3 is 2. The molecule has 122 valence electrons. The van der Waals surface area contributed by atoms with Gasteiger partial charge in [0.15, 0.2) is 11.5 Å². The number of hydrogen-bond acceptors (Lipinski definition) is 4. The molecule has 0 aromatic heterocycles. The highest BCUT2D eigenvalue weighted by molar-refractivity contribution is 6.32. The first-order valence-electron chi connectivity index (χ1n) is 7.00. The van der Waals surface area contributed by atoms with E-state index in [1.54, 1.807) is 25.3 Å². The van der Waals surface area contributed by atoms with Crippen LogP contribution in [0.4, 0.5) is 0 Å². The minimum atomic E-state index is -0.135. The van der Waals surface area contributed by atoms with E-state index in [9.17, 15) is 4.79 Å². The Morgan fingerprint density at radius 3 is 2.64 bits per heavy atom. The molecular weight excluding hydrogens is 304 g/mol. The molecule has 22 heavy (non-hydrogen) atoms. The van der Waals surface area contributed by atoms with Crippen LogP contribution in [0.15, 0.2) is 18.2 Å². The van der Waals surface area contributed by atoms with Crippen LogP contribution in [0.3, 0.4) is 0 Å². The summed E-state index contributed by atoms with van der Waals surface area (Å²) in [6, 6.07) is 3.49. The summed E-state index contributed by atoms with van der Waals surface area (Å²) in [5.74, 6) is 0.875. The Labute approximate surface area is 136 Å².